The first-order valence-corrected chi connectivity index (χ1v) is 4.80. The molecule has 0 saturated carbocycles. The predicted molar refractivity (Wildman–Crippen MR) is 54.7 cm³/mol. The van der Waals surface area contributed by atoms with Gasteiger partial charge in [0.2, 0.25) is 0 Å². The lowest BCUT2D eigenvalue weighted by molar-refractivity contribution is 0.500. The van der Waals surface area contributed by atoms with Gasteiger partial charge in [-0.1, -0.05) is 38.4 Å². The molecule has 0 unspecified atom stereocenters. The summed E-state index contributed by atoms with van der Waals surface area (Å²) in [4.78, 5) is 0. The number of hydrogen-bond acceptors (Lipinski definition) is 0. The molecular weight excluding hydrogens is 187 g/mol. The molecule has 0 aliphatic rings. The lowest BCUT2D eigenvalue weighted by Crippen LogP contribution is -2.15. The van der Waals surface area contributed by atoms with Crippen molar-refractivity contribution in [2.75, 3.05) is 0 Å². The Morgan fingerprint density at radius 2 is 2.00 bits per heavy atom. The second kappa shape index (κ2) is 3.67. The molecule has 0 nitrogen and oxygen atoms in total. The molecule has 0 radical (unpaired) electrons. The van der Waals surface area contributed by atoms with Gasteiger partial charge in [-0.05, 0) is 29.5 Å². The standard InChI is InChI=1S/C11H14ClF/c1-4-11(2,3)8-5-6-9(12)10(13)7-8/h5-7H,4H2,1-3H3. The summed E-state index contributed by atoms with van der Waals surface area (Å²) in [5.41, 5.74) is 1.02. The normalized spacial score (nSPS) is 11.8. The zero-order valence-corrected chi connectivity index (χ0v) is 8.95. The molecule has 0 bridgehead atoms. The Kier molecular flexibility index (Phi) is 2.97. The molecule has 0 aromatic heterocycles. The highest BCUT2D eigenvalue weighted by atomic mass is 35.5. The van der Waals surface area contributed by atoms with E-state index in [9.17, 15) is 4.39 Å². The van der Waals surface area contributed by atoms with E-state index in [4.69, 9.17) is 11.6 Å². The van der Waals surface area contributed by atoms with Crippen LogP contribution in [-0.4, -0.2) is 0 Å². The van der Waals surface area contributed by atoms with Gasteiger partial charge >= 0.3 is 0 Å². The SMILES string of the molecule is CCC(C)(C)c1ccc(Cl)c(F)c1. The molecular formula is C11H14ClF. The fraction of sp³-hybridized carbons (Fsp3) is 0.455. The van der Waals surface area contributed by atoms with Crippen molar-refractivity contribution in [2.24, 2.45) is 0 Å². The van der Waals surface area contributed by atoms with Crippen LogP contribution < -0.4 is 0 Å². The maximum atomic E-state index is 13.1. The van der Waals surface area contributed by atoms with E-state index in [1.165, 1.54) is 6.07 Å². The zero-order valence-electron chi connectivity index (χ0n) is 8.20. The summed E-state index contributed by atoms with van der Waals surface area (Å²) in [6, 6.07) is 5.02. The second-order valence-electron chi connectivity index (χ2n) is 3.87. The summed E-state index contributed by atoms with van der Waals surface area (Å²) in [7, 11) is 0. The van der Waals surface area contributed by atoms with Crippen LogP contribution >= 0.6 is 11.6 Å². The number of benzene rings is 1. The van der Waals surface area contributed by atoms with Gasteiger partial charge in [0.05, 0.1) is 5.02 Å². The van der Waals surface area contributed by atoms with Crippen molar-refractivity contribution in [2.45, 2.75) is 32.6 Å². The summed E-state index contributed by atoms with van der Waals surface area (Å²) >= 11 is 5.60. The van der Waals surface area contributed by atoms with Crippen molar-refractivity contribution in [3.05, 3.63) is 34.6 Å². The van der Waals surface area contributed by atoms with Gasteiger partial charge in [-0.15, -0.1) is 0 Å². The van der Waals surface area contributed by atoms with E-state index >= 15 is 0 Å². The van der Waals surface area contributed by atoms with Gasteiger partial charge in [-0.3, -0.25) is 0 Å². The van der Waals surface area contributed by atoms with E-state index in [2.05, 4.69) is 20.8 Å². The zero-order chi connectivity index (χ0) is 10.1. The Hall–Kier alpha value is -0.560. The maximum absolute atomic E-state index is 13.1. The first-order chi connectivity index (χ1) is 5.97. The second-order valence-corrected chi connectivity index (χ2v) is 4.27. The monoisotopic (exact) mass is 200 g/mol. The van der Waals surface area contributed by atoms with Gasteiger partial charge in [-0.25, -0.2) is 4.39 Å². The van der Waals surface area contributed by atoms with Gasteiger partial charge in [0.25, 0.3) is 0 Å². The molecule has 1 aromatic carbocycles. The Bertz CT molecular complexity index is 305. The van der Waals surface area contributed by atoms with Crippen LogP contribution in [0, 0.1) is 5.82 Å². The quantitative estimate of drug-likeness (QED) is 0.672. The van der Waals surface area contributed by atoms with Crippen LogP contribution in [0.5, 0.6) is 0 Å². The predicted octanol–water partition coefficient (Wildman–Crippen LogP) is 4.17. The summed E-state index contributed by atoms with van der Waals surface area (Å²) in [5.74, 6) is -0.333. The van der Waals surface area contributed by atoms with E-state index < -0.39 is 0 Å². The molecule has 0 N–H and O–H groups in total. The average Bonchev–Trinajstić information content (AvgIpc) is 2.09. The molecule has 1 rings (SSSR count). The fourth-order valence-corrected chi connectivity index (χ4v) is 1.24. The van der Waals surface area contributed by atoms with Crippen molar-refractivity contribution in [3.63, 3.8) is 0 Å². The van der Waals surface area contributed by atoms with Crippen LogP contribution in [-0.2, 0) is 5.41 Å². The summed E-state index contributed by atoms with van der Waals surface area (Å²) < 4.78 is 13.1. The molecule has 1 aromatic rings. The van der Waals surface area contributed by atoms with Crippen LogP contribution in [0.4, 0.5) is 4.39 Å². The van der Waals surface area contributed by atoms with Gasteiger partial charge in [0, 0.05) is 0 Å². The van der Waals surface area contributed by atoms with Crippen molar-refractivity contribution in [3.8, 4) is 0 Å². The van der Waals surface area contributed by atoms with Crippen molar-refractivity contribution in [1.29, 1.82) is 0 Å². The van der Waals surface area contributed by atoms with Gasteiger partial charge < -0.3 is 0 Å². The number of hydrogen-bond donors (Lipinski definition) is 0. The highest BCUT2D eigenvalue weighted by Gasteiger charge is 2.18. The third kappa shape index (κ3) is 2.22. The Labute approximate surface area is 83.7 Å². The number of halogens is 2. The summed E-state index contributed by atoms with van der Waals surface area (Å²) in [5, 5.41) is 0.190. The van der Waals surface area contributed by atoms with Crippen molar-refractivity contribution >= 4 is 11.6 Å². The lowest BCUT2D eigenvalue weighted by atomic mass is 9.82. The maximum Gasteiger partial charge on any atom is 0.142 e. The average molecular weight is 201 g/mol. The Morgan fingerprint density at radius 1 is 1.38 bits per heavy atom. The smallest absolute Gasteiger partial charge is 0.142 e. The van der Waals surface area contributed by atoms with E-state index in [0.717, 1.165) is 12.0 Å². The molecule has 72 valence electrons. The molecule has 0 fully saturated rings. The molecule has 0 aliphatic carbocycles. The largest absolute Gasteiger partial charge is 0.205 e. The third-order valence-electron chi connectivity index (χ3n) is 2.58. The topological polar surface area (TPSA) is 0 Å². The highest BCUT2D eigenvalue weighted by Crippen LogP contribution is 2.28. The van der Waals surface area contributed by atoms with E-state index in [0.29, 0.717) is 0 Å². The highest BCUT2D eigenvalue weighted by molar-refractivity contribution is 6.30. The molecule has 0 atom stereocenters. The molecule has 0 aliphatic heterocycles. The van der Waals surface area contributed by atoms with E-state index in [-0.39, 0.29) is 16.3 Å². The molecule has 0 amide bonds. The van der Waals surface area contributed by atoms with E-state index in [1.54, 1.807) is 6.07 Å². The van der Waals surface area contributed by atoms with Gasteiger partial charge in [-0.2, -0.15) is 0 Å². The van der Waals surface area contributed by atoms with Crippen LogP contribution in [0.1, 0.15) is 32.8 Å². The van der Waals surface area contributed by atoms with Crippen LogP contribution in [0.2, 0.25) is 5.02 Å². The molecule has 0 saturated heterocycles. The lowest BCUT2D eigenvalue weighted by Gasteiger charge is -2.23. The van der Waals surface area contributed by atoms with Crippen LogP contribution in [0.15, 0.2) is 18.2 Å². The fourth-order valence-electron chi connectivity index (χ4n) is 1.12. The summed E-state index contributed by atoms with van der Waals surface area (Å²) in [6.07, 6.45) is 0.980. The van der Waals surface area contributed by atoms with Crippen LogP contribution in [0.25, 0.3) is 0 Å². The minimum Gasteiger partial charge on any atom is -0.205 e. The molecule has 0 heterocycles. The van der Waals surface area contributed by atoms with Crippen LogP contribution in [0.3, 0.4) is 0 Å². The molecule has 0 spiro atoms. The molecule has 13 heavy (non-hydrogen) atoms. The number of rotatable bonds is 2. The Morgan fingerprint density at radius 3 is 2.46 bits per heavy atom. The minimum atomic E-state index is -0.333. The Balaban J connectivity index is 3.10. The first-order valence-electron chi connectivity index (χ1n) is 4.43. The van der Waals surface area contributed by atoms with E-state index in [1.807, 2.05) is 6.07 Å². The van der Waals surface area contributed by atoms with Crippen molar-refractivity contribution in [1.82, 2.24) is 0 Å². The van der Waals surface area contributed by atoms with Crippen molar-refractivity contribution < 1.29 is 4.39 Å². The third-order valence-corrected chi connectivity index (χ3v) is 2.89. The minimum absolute atomic E-state index is 0.0193. The molecule has 2 heteroatoms. The first kappa shape index (κ1) is 10.5. The van der Waals surface area contributed by atoms with Gasteiger partial charge in [0.1, 0.15) is 5.82 Å². The summed E-state index contributed by atoms with van der Waals surface area (Å²) in [6.45, 7) is 6.28. The van der Waals surface area contributed by atoms with Gasteiger partial charge in [0.15, 0.2) is 0 Å².